The summed E-state index contributed by atoms with van der Waals surface area (Å²) < 4.78 is 0. The Bertz CT molecular complexity index is 512. The van der Waals surface area contributed by atoms with Gasteiger partial charge in [-0.1, -0.05) is 6.07 Å². The Hall–Kier alpha value is -1.91. The number of piperidine rings is 1. The zero-order chi connectivity index (χ0) is 14.7. The number of nitrogens with zero attached hydrogens (tertiary/aromatic N) is 2. The molecule has 1 N–H and O–H groups in total. The van der Waals surface area contributed by atoms with Crippen LogP contribution in [0.5, 0.6) is 0 Å². The zero-order valence-corrected chi connectivity index (χ0v) is 12.1. The smallest absolute Gasteiger partial charge is 0.226 e. The van der Waals surface area contributed by atoms with Gasteiger partial charge in [-0.3, -0.25) is 14.6 Å². The van der Waals surface area contributed by atoms with E-state index in [1.807, 2.05) is 23.1 Å². The summed E-state index contributed by atoms with van der Waals surface area (Å²) in [6.45, 7) is 2.15. The lowest BCUT2D eigenvalue weighted by Gasteiger charge is -2.26. The Morgan fingerprint density at radius 2 is 2.00 bits per heavy atom. The Morgan fingerprint density at radius 3 is 2.71 bits per heavy atom. The van der Waals surface area contributed by atoms with Gasteiger partial charge in [-0.15, -0.1) is 0 Å². The van der Waals surface area contributed by atoms with E-state index in [-0.39, 0.29) is 23.7 Å². The Kier molecular flexibility index (Phi) is 4.18. The molecule has 2 aliphatic rings. The van der Waals surface area contributed by atoms with Gasteiger partial charge in [-0.2, -0.15) is 0 Å². The van der Waals surface area contributed by atoms with Crippen LogP contribution in [0.25, 0.3) is 0 Å². The Labute approximate surface area is 124 Å². The van der Waals surface area contributed by atoms with E-state index in [1.165, 1.54) is 6.42 Å². The van der Waals surface area contributed by atoms with E-state index in [4.69, 9.17) is 0 Å². The quantitative estimate of drug-likeness (QED) is 0.909. The first-order chi connectivity index (χ1) is 10.3. The molecule has 1 aliphatic carbocycles. The first-order valence-corrected chi connectivity index (χ1v) is 7.72. The number of hydrogen-bond acceptors (Lipinski definition) is 3. The van der Waals surface area contributed by atoms with Gasteiger partial charge in [-0.25, -0.2) is 0 Å². The van der Waals surface area contributed by atoms with Crippen LogP contribution in [0, 0.1) is 11.8 Å². The van der Waals surface area contributed by atoms with Gasteiger partial charge in [-0.05, 0) is 37.8 Å². The minimum absolute atomic E-state index is 0.0176. The largest absolute Gasteiger partial charge is 0.350 e. The molecule has 1 aromatic heterocycles. The maximum absolute atomic E-state index is 12.3. The molecule has 3 rings (SSSR count). The third kappa shape index (κ3) is 3.40. The molecular weight excluding hydrogens is 266 g/mol. The van der Waals surface area contributed by atoms with E-state index in [0.29, 0.717) is 13.0 Å². The molecule has 0 radical (unpaired) electrons. The number of likely N-dealkylation sites (tertiary alicyclic amines) is 1. The standard InChI is InChI=1S/C16H21N3O2/c20-15(18-11-12-6-2-3-7-17-12)13-10-14(13)16(21)19-8-4-1-5-9-19/h2-3,6-7,13-14H,1,4-5,8-11H2,(H,18,20). The molecule has 1 saturated heterocycles. The topological polar surface area (TPSA) is 62.3 Å². The van der Waals surface area contributed by atoms with Crippen molar-refractivity contribution in [3.05, 3.63) is 30.1 Å². The van der Waals surface area contributed by atoms with Crippen LogP contribution in [0.1, 0.15) is 31.4 Å². The van der Waals surface area contributed by atoms with Gasteiger partial charge in [0.05, 0.1) is 24.1 Å². The third-order valence-electron chi connectivity index (χ3n) is 4.28. The summed E-state index contributed by atoms with van der Waals surface area (Å²) in [6.07, 6.45) is 5.80. The third-order valence-corrected chi connectivity index (χ3v) is 4.28. The van der Waals surface area contributed by atoms with Crippen LogP contribution in [-0.2, 0) is 16.1 Å². The Balaban J connectivity index is 1.46. The van der Waals surface area contributed by atoms with Gasteiger partial charge in [0.25, 0.3) is 0 Å². The van der Waals surface area contributed by atoms with Crippen LogP contribution in [0.4, 0.5) is 0 Å². The number of hydrogen-bond donors (Lipinski definition) is 1. The second kappa shape index (κ2) is 6.24. The van der Waals surface area contributed by atoms with Crippen molar-refractivity contribution in [3.8, 4) is 0 Å². The lowest BCUT2D eigenvalue weighted by atomic mass is 10.1. The van der Waals surface area contributed by atoms with E-state index in [9.17, 15) is 9.59 Å². The molecule has 2 heterocycles. The predicted octanol–water partition coefficient (Wildman–Crippen LogP) is 1.35. The van der Waals surface area contributed by atoms with Gasteiger partial charge >= 0.3 is 0 Å². The number of carbonyl (C=O) groups excluding carboxylic acids is 2. The normalized spacial score (nSPS) is 24.5. The van der Waals surface area contributed by atoms with Crippen LogP contribution >= 0.6 is 0 Å². The number of nitrogens with one attached hydrogen (secondary N) is 1. The van der Waals surface area contributed by atoms with E-state index in [1.54, 1.807) is 6.20 Å². The summed E-state index contributed by atoms with van der Waals surface area (Å²) in [5.74, 6) is -0.0707. The lowest BCUT2D eigenvalue weighted by molar-refractivity contribution is -0.135. The maximum atomic E-state index is 12.3. The summed E-state index contributed by atoms with van der Waals surface area (Å²) >= 11 is 0. The fraction of sp³-hybridized carbons (Fsp3) is 0.562. The fourth-order valence-corrected chi connectivity index (χ4v) is 2.92. The number of carbonyl (C=O) groups is 2. The summed E-state index contributed by atoms with van der Waals surface area (Å²) in [5, 5.41) is 2.88. The first-order valence-electron chi connectivity index (χ1n) is 7.72. The van der Waals surface area contributed by atoms with E-state index in [0.717, 1.165) is 31.6 Å². The van der Waals surface area contributed by atoms with Gasteiger partial charge in [0.15, 0.2) is 0 Å². The molecular formula is C16H21N3O2. The van der Waals surface area contributed by atoms with Crippen LogP contribution < -0.4 is 5.32 Å². The highest BCUT2D eigenvalue weighted by Gasteiger charge is 2.49. The number of pyridine rings is 1. The van der Waals surface area contributed by atoms with Crippen molar-refractivity contribution in [1.29, 1.82) is 0 Å². The molecule has 21 heavy (non-hydrogen) atoms. The molecule has 2 atom stereocenters. The molecule has 1 aliphatic heterocycles. The van der Waals surface area contributed by atoms with Crippen molar-refractivity contribution in [2.75, 3.05) is 13.1 Å². The number of rotatable bonds is 4. The first kappa shape index (κ1) is 14.0. The van der Waals surface area contributed by atoms with E-state index >= 15 is 0 Å². The highest BCUT2D eigenvalue weighted by molar-refractivity contribution is 5.92. The van der Waals surface area contributed by atoms with Crippen molar-refractivity contribution in [1.82, 2.24) is 15.2 Å². The molecule has 2 fully saturated rings. The number of aromatic nitrogens is 1. The van der Waals surface area contributed by atoms with Gasteiger partial charge in [0.2, 0.25) is 11.8 Å². The van der Waals surface area contributed by atoms with Gasteiger partial charge in [0.1, 0.15) is 0 Å². The molecule has 5 heteroatoms. The second-order valence-electron chi connectivity index (χ2n) is 5.87. The SMILES string of the molecule is O=C(NCc1ccccn1)C1CC1C(=O)N1CCCCC1. The van der Waals surface area contributed by atoms with Gasteiger partial charge in [0, 0.05) is 19.3 Å². The van der Waals surface area contributed by atoms with Crippen LogP contribution in [0.2, 0.25) is 0 Å². The highest BCUT2D eigenvalue weighted by Crippen LogP contribution is 2.40. The lowest BCUT2D eigenvalue weighted by Crippen LogP contribution is -2.38. The molecule has 5 nitrogen and oxygen atoms in total. The molecule has 0 spiro atoms. The highest BCUT2D eigenvalue weighted by atomic mass is 16.2. The summed E-state index contributed by atoms with van der Waals surface area (Å²) in [6, 6.07) is 5.62. The van der Waals surface area contributed by atoms with Crippen LogP contribution in [0.15, 0.2) is 24.4 Å². The average molecular weight is 287 g/mol. The maximum Gasteiger partial charge on any atom is 0.226 e. The summed E-state index contributed by atoms with van der Waals surface area (Å²) in [4.78, 5) is 30.4. The van der Waals surface area contributed by atoms with Crippen molar-refractivity contribution >= 4 is 11.8 Å². The summed E-state index contributed by atoms with van der Waals surface area (Å²) in [5.41, 5.74) is 0.838. The molecule has 1 saturated carbocycles. The van der Waals surface area contributed by atoms with Gasteiger partial charge < -0.3 is 10.2 Å². The molecule has 0 bridgehead atoms. The average Bonchev–Trinajstić information content (AvgIpc) is 3.34. The van der Waals surface area contributed by atoms with Crippen molar-refractivity contribution in [2.45, 2.75) is 32.2 Å². The van der Waals surface area contributed by atoms with E-state index in [2.05, 4.69) is 10.3 Å². The molecule has 2 amide bonds. The number of amides is 2. The Morgan fingerprint density at radius 1 is 1.19 bits per heavy atom. The monoisotopic (exact) mass is 287 g/mol. The predicted molar refractivity (Wildman–Crippen MR) is 78.1 cm³/mol. The minimum atomic E-state index is -0.136. The molecule has 112 valence electrons. The molecule has 1 aromatic rings. The van der Waals surface area contributed by atoms with Crippen molar-refractivity contribution in [2.24, 2.45) is 11.8 Å². The second-order valence-corrected chi connectivity index (χ2v) is 5.87. The fourth-order valence-electron chi connectivity index (χ4n) is 2.92. The zero-order valence-electron chi connectivity index (χ0n) is 12.1. The van der Waals surface area contributed by atoms with Crippen molar-refractivity contribution < 1.29 is 9.59 Å². The summed E-state index contributed by atoms with van der Waals surface area (Å²) in [7, 11) is 0. The minimum Gasteiger partial charge on any atom is -0.350 e. The van der Waals surface area contributed by atoms with Crippen molar-refractivity contribution in [3.63, 3.8) is 0 Å². The molecule has 0 aromatic carbocycles. The van der Waals surface area contributed by atoms with Crippen LogP contribution in [0.3, 0.4) is 0 Å². The van der Waals surface area contributed by atoms with Crippen LogP contribution in [-0.4, -0.2) is 34.8 Å². The molecule has 2 unspecified atom stereocenters. The van der Waals surface area contributed by atoms with E-state index < -0.39 is 0 Å².